The van der Waals surface area contributed by atoms with Gasteiger partial charge in [0.2, 0.25) is 0 Å². The molecule has 0 aliphatic heterocycles. The molecule has 0 unspecified atom stereocenters. The van der Waals surface area contributed by atoms with E-state index in [0.717, 1.165) is 22.6 Å². The van der Waals surface area contributed by atoms with Crippen LogP contribution in [0.2, 0.25) is 0 Å². The van der Waals surface area contributed by atoms with Crippen LogP contribution in [0.3, 0.4) is 0 Å². The number of rotatable bonds is 11. The van der Waals surface area contributed by atoms with Crippen molar-refractivity contribution in [3.05, 3.63) is 36.0 Å². The van der Waals surface area contributed by atoms with Crippen molar-refractivity contribution in [3.63, 3.8) is 0 Å². The molecule has 166 valence electrons. The minimum Gasteiger partial charge on any atom is -0.491 e. The third-order valence-electron chi connectivity index (χ3n) is 4.35. The normalized spacial score (nSPS) is 11.1. The van der Waals surface area contributed by atoms with Gasteiger partial charge in [-0.3, -0.25) is 4.79 Å². The van der Waals surface area contributed by atoms with Crippen LogP contribution >= 0.6 is 11.8 Å². The molecule has 10 heteroatoms. The Morgan fingerprint density at radius 2 is 1.97 bits per heavy atom. The molecule has 2 heterocycles. The smallest absolute Gasteiger partial charge is 0.251 e. The molecular formula is C21H28N6O3S. The van der Waals surface area contributed by atoms with Gasteiger partial charge in [-0.2, -0.15) is 5.10 Å². The van der Waals surface area contributed by atoms with Gasteiger partial charge in [0.1, 0.15) is 11.6 Å². The first-order valence-electron chi connectivity index (χ1n) is 10.1. The highest BCUT2D eigenvalue weighted by molar-refractivity contribution is 7.98. The van der Waals surface area contributed by atoms with E-state index in [1.54, 1.807) is 42.3 Å². The first kappa shape index (κ1) is 22.8. The third kappa shape index (κ3) is 6.08. The molecule has 3 rings (SSSR count). The van der Waals surface area contributed by atoms with Crippen molar-refractivity contribution >= 4 is 34.5 Å². The number of hydrogen-bond acceptors (Lipinski definition) is 8. The second kappa shape index (κ2) is 11.0. The first-order valence-corrected chi connectivity index (χ1v) is 11.3. The highest BCUT2D eigenvalue weighted by Gasteiger charge is 2.13. The molecule has 0 aliphatic carbocycles. The molecule has 1 amide bonds. The van der Waals surface area contributed by atoms with Crippen LogP contribution in [-0.2, 0) is 11.3 Å². The Labute approximate surface area is 185 Å². The summed E-state index contributed by atoms with van der Waals surface area (Å²) in [6, 6.07) is 7.11. The molecule has 2 aromatic heterocycles. The predicted octanol–water partition coefficient (Wildman–Crippen LogP) is 2.82. The Balaban J connectivity index is 1.64. The second-order valence-electron chi connectivity index (χ2n) is 7.03. The first-order chi connectivity index (χ1) is 15.0. The van der Waals surface area contributed by atoms with E-state index in [2.05, 4.69) is 25.7 Å². The fourth-order valence-electron chi connectivity index (χ4n) is 2.93. The van der Waals surface area contributed by atoms with E-state index in [9.17, 15) is 4.79 Å². The summed E-state index contributed by atoms with van der Waals surface area (Å²) >= 11 is 1.47. The van der Waals surface area contributed by atoms with Gasteiger partial charge < -0.3 is 20.1 Å². The van der Waals surface area contributed by atoms with Crippen molar-refractivity contribution in [2.75, 3.05) is 38.4 Å². The number of benzene rings is 1. The van der Waals surface area contributed by atoms with Crippen molar-refractivity contribution in [1.29, 1.82) is 0 Å². The molecule has 0 spiro atoms. The Kier molecular flexibility index (Phi) is 8.07. The lowest BCUT2D eigenvalue weighted by Crippen LogP contribution is -2.27. The van der Waals surface area contributed by atoms with Crippen LogP contribution in [0.4, 0.5) is 5.82 Å². The number of thioether (sulfide) groups is 1. The number of amides is 1. The van der Waals surface area contributed by atoms with E-state index in [1.807, 2.05) is 20.1 Å². The van der Waals surface area contributed by atoms with Crippen LogP contribution < -0.4 is 15.4 Å². The minimum absolute atomic E-state index is 0.0923. The summed E-state index contributed by atoms with van der Waals surface area (Å²) in [6.07, 6.45) is 3.76. The topological polar surface area (TPSA) is 103 Å². The Morgan fingerprint density at radius 3 is 2.65 bits per heavy atom. The second-order valence-corrected chi connectivity index (χ2v) is 7.80. The van der Waals surface area contributed by atoms with Gasteiger partial charge in [-0.05, 0) is 44.4 Å². The molecule has 0 bridgehead atoms. The van der Waals surface area contributed by atoms with Gasteiger partial charge in [0.25, 0.3) is 5.91 Å². The Morgan fingerprint density at radius 1 is 1.19 bits per heavy atom. The largest absolute Gasteiger partial charge is 0.491 e. The SMILES string of the molecule is COCCNc1nc(SC)nc2c1cnn2CCNC(=O)c1ccc(OC(C)C)cc1. The summed E-state index contributed by atoms with van der Waals surface area (Å²) in [5.74, 6) is 1.33. The van der Waals surface area contributed by atoms with E-state index in [-0.39, 0.29) is 12.0 Å². The van der Waals surface area contributed by atoms with E-state index in [4.69, 9.17) is 9.47 Å². The van der Waals surface area contributed by atoms with Crippen LogP contribution in [0, 0.1) is 0 Å². The van der Waals surface area contributed by atoms with E-state index < -0.39 is 0 Å². The zero-order chi connectivity index (χ0) is 22.2. The van der Waals surface area contributed by atoms with Gasteiger partial charge in [0.15, 0.2) is 10.8 Å². The van der Waals surface area contributed by atoms with Crippen molar-refractivity contribution < 1.29 is 14.3 Å². The monoisotopic (exact) mass is 444 g/mol. The molecule has 0 saturated heterocycles. The Hall–Kier alpha value is -2.85. The van der Waals surface area contributed by atoms with Crippen LogP contribution in [0.25, 0.3) is 11.0 Å². The van der Waals surface area contributed by atoms with Crippen molar-refractivity contribution in [1.82, 2.24) is 25.1 Å². The predicted molar refractivity (Wildman–Crippen MR) is 122 cm³/mol. The molecule has 0 atom stereocenters. The molecule has 31 heavy (non-hydrogen) atoms. The van der Waals surface area contributed by atoms with Gasteiger partial charge in [0, 0.05) is 25.8 Å². The van der Waals surface area contributed by atoms with Gasteiger partial charge >= 0.3 is 0 Å². The lowest BCUT2D eigenvalue weighted by Gasteiger charge is -2.11. The molecule has 0 saturated carbocycles. The van der Waals surface area contributed by atoms with E-state index in [1.165, 1.54) is 11.8 Å². The molecule has 0 radical (unpaired) electrons. The van der Waals surface area contributed by atoms with Gasteiger partial charge in [-0.15, -0.1) is 0 Å². The summed E-state index contributed by atoms with van der Waals surface area (Å²) in [5.41, 5.74) is 1.31. The van der Waals surface area contributed by atoms with Crippen molar-refractivity contribution in [2.45, 2.75) is 31.7 Å². The van der Waals surface area contributed by atoms with Crippen LogP contribution in [0.15, 0.2) is 35.6 Å². The zero-order valence-electron chi connectivity index (χ0n) is 18.2. The summed E-state index contributed by atoms with van der Waals surface area (Å²) in [4.78, 5) is 21.6. The summed E-state index contributed by atoms with van der Waals surface area (Å²) in [6.45, 7) is 6.05. The quantitative estimate of drug-likeness (QED) is 0.264. The number of nitrogens with zero attached hydrogens (tertiary/aromatic N) is 4. The number of nitrogens with one attached hydrogen (secondary N) is 2. The number of methoxy groups -OCH3 is 1. The maximum absolute atomic E-state index is 12.4. The maximum atomic E-state index is 12.4. The number of carbonyl (C=O) groups is 1. The maximum Gasteiger partial charge on any atom is 0.251 e. The Bertz CT molecular complexity index is 1010. The average molecular weight is 445 g/mol. The average Bonchev–Trinajstić information content (AvgIpc) is 3.17. The standard InChI is InChI=1S/C21H28N6O3S/c1-14(2)30-16-7-5-15(6-8-16)20(28)23-9-11-27-19-17(13-24-27)18(22-10-12-29-3)25-21(26-19)31-4/h5-8,13-14H,9-12H2,1-4H3,(H,23,28)(H,22,25,26). The zero-order valence-corrected chi connectivity index (χ0v) is 19.0. The van der Waals surface area contributed by atoms with Gasteiger partial charge in [-0.1, -0.05) is 11.8 Å². The number of aromatic nitrogens is 4. The number of anilines is 1. The van der Waals surface area contributed by atoms with Gasteiger partial charge in [-0.25, -0.2) is 14.6 Å². The van der Waals surface area contributed by atoms with Gasteiger partial charge in [0.05, 0.1) is 30.8 Å². The molecule has 9 nitrogen and oxygen atoms in total. The molecule has 2 N–H and O–H groups in total. The summed E-state index contributed by atoms with van der Waals surface area (Å²) in [7, 11) is 1.66. The molecular weight excluding hydrogens is 416 g/mol. The lowest BCUT2D eigenvalue weighted by molar-refractivity contribution is 0.0952. The fourth-order valence-corrected chi connectivity index (χ4v) is 3.29. The molecule has 0 fully saturated rings. The molecule has 1 aromatic carbocycles. The highest BCUT2D eigenvalue weighted by Crippen LogP contribution is 2.23. The third-order valence-corrected chi connectivity index (χ3v) is 4.90. The summed E-state index contributed by atoms with van der Waals surface area (Å²) < 4.78 is 12.5. The summed E-state index contributed by atoms with van der Waals surface area (Å²) in [5, 5.41) is 12.1. The van der Waals surface area contributed by atoms with Crippen LogP contribution in [-0.4, -0.2) is 64.8 Å². The minimum atomic E-state index is -0.145. The fraction of sp³-hybridized carbons (Fsp3) is 0.429. The van der Waals surface area contributed by atoms with E-state index in [0.29, 0.717) is 37.0 Å². The van der Waals surface area contributed by atoms with E-state index >= 15 is 0 Å². The van der Waals surface area contributed by atoms with Crippen LogP contribution in [0.1, 0.15) is 24.2 Å². The number of ether oxygens (including phenoxy) is 2. The van der Waals surface area contributed by atoms with Crippen LogP contribution in [0.5, 0.6) is 5.75 Å². The lowest BCUT2D eigenvalue weighted by atomic mass is 10.2. The van der Waals surface area contributed by atoms with Crippen molar-refractivity contribution in [2.24, 2.45) is 0 Å². The number of carbonyl (C=O) groups excluding carboxylic acids is 1. The number of hydrogen-bond donors (Lipinski definition) is 2. The van der Waals surface area contributed by atoms with Crippen molar-refractivity contribution in [3.8, 4) is 5.75 Å². The molecule has 0 aliphatic rings. The molecule has 3 aromatic rings. The number of fused-ring (bicyclic) bond motifs is 1. The highest BCUT2D eigenvalue weighted by atomic mass is 32.2.